The molecule has 2 fully saturated rings. The fraction of sp³-hybridized carbons (Fsp3) is 0.737. The molecule has 2 aliphatic heterocycles. The number of carbonyl (C=O) groups excluding carboxylic acids is 2. The summed E-state index contributed by atoms with van der Waals surface area (Å²) in [7, 11) is 5.54. The van der Waals surface area contributed by atoms with Gasteiger partial charge in [-0.2, -0.15) is 5.10 Å². The molecule has 8 nitrogen and oxygen atoms in total. The van der Waals surface area contributed by atoms with E-state index in [1.807, 2.05) is 25.0 Å². The Morgan fingerprint density at radius 2 is 2.11 bits per heavy atom. The van der Waals surface area contributed by atoms with E-state index in [0.717, 1.165) is 25.9 Å². The van der Waals surface area contributed by atoms with Gasteiger partial charge in [0.2, 0.25) is 5.91 Å². The molecule has 150 valence electrons. The molecule has 8 heteroatoms. The summed E-state index contributed by atoms with van der Waals surface area (Å²) in [5.41, 5.74) is 1.21. The lowest BCUT2D eigenvalue weighted by molar-refractivity contribution is -0.128. The first kappa shape index (κ1) is 19.7. The van der Waals surface area contributed by atoms with Crippen LogP contribution in [-0.4, -0.2) is 82.7 Å². The van der Waals surface area contributed by atoms with Gasteiger partial charge in [0.1, 0.15) is 6.04 Å². The van der Waals surface area contributed by atoms with Gasteiger partial charge in [-0.15, -0.1) is 0 Å². The lowest BCUT2D eigenvalue weighted by atomic mass is 9.85. The Balaban J connectivity index is 1.66. The number of hydrogen-bond donors (Lipinski definition) is 1. The molecule has 2 saturated heterocycles. The molecule has 0 aliphatic carbocycles. The van der Waals surface area contributed by atoms with Gasteiger partial charge in [0.15, 0.2) is 0 Å². The first-order chi connectivity index (χ1) is 12.9. The van der Waals surface area contributed by atoms with Gasteiger partial charge in [0, 0.05) is 52.0 Å². The molecule has 1 aromatic rings. The lowest BCUT2D eigenvalue weighted by Gasteiger charge is -2.42. The van der Waals surface area contributed by atoms with E-state index in [9.17, 15) is 9.59 Å². The number of piperidine rings is 1. The number of rotatable bonds is 5. The third-order valence-corrected chi connectivity index (χ3v) is 5.91. The van der Waals surface area contributed by atoms with Crippen LogP contribution in [-0.2, 0) is 11.8 Å². The van der Waals surface area contributed by atoms with E-state index in [-0.39, 0.29) is 18.0 Å². The maximum Gasteiger partial charge on any atom is 0.317 e. The van der Waals surface area contributed by atoms with Crippen molar-refractivity contribution in [1.29, 1.82) is 0 Å². The van der Waals surface area contributed by atoms with E-state index < -0.39 is 6.04 Å². The Bertz CT molecular complexity index is 675. The average molecular weight is 377 g/mol. The van der Waals surface area contributed by atoms with E-state index in [1.54, 1.807) is 16.8 Å². The molecule has 3 atom stereocenters. The molecular weight excluding hydrogens is 344 g/mol. The molecule has 0 radical (unpaired) electrons. The van der Waals surface area contributed by atoms with Crippen molar-refractivity contribution in [3.05, 3.63) is 18.0 Å². The highest BCUT2D eigenvalue weighted by Gasteiger charge is 2.35. The Morgan fingerprint density at radius 3 is 2.70 bits per heavy atom. The zero-order chi connectivity index (χ0) is 19.6. The van der Waals surface area contributed by atoms with Crippen LogP contribution in [0.1, 0.15) is 37.8 Å². The summed E-state index contributed by atoms with van der Waals surface area (Å²) in [6.07, 6.45) is 6.92. The summed E-state index contributed by atoms with van der Waals surface area (Å²) in [6.45, 7) is 5.61. The summed E-state index contributed by atoms with van der Waals surface area (Å²) in [4.78, 5) is 30.6. The Kier molecular flexibility index (Phi) is 6.04. The first-order valence-corrected chi connectivity index (χ1v) is 9.90. The number of amides is 3. The molecule has 0 bridgehead atoms. The van der Waals surface area contributed by atoms with Gasteiger partial charge in [-0.1, -0.05) is 6.92 Å². The minimum atomic E-state index is -0.391. The molecule has 0 aromatic carbocycles. The summed E-state index contributed by atoms with van der Waals surface area (Å²) < 4.78 is 1.84. The molecule has 1 N–H and O–H groups in total. The summed E-state index contributed by atoms with van der Waals surface area (Å²) in [6, 6.07) is -0.285. The van der Waals surface area contributed by atoms with Gasteiger partial charge in [-0.05, 0) is 38.3 Å². The van der Waals surface area contributed by atoms with Crippen LogP contribution in [0.25, 0.3) is 0 Å². The smallest absolute Gasteiger partial charge is 0.317 e. The normalized spacial score (nSPS) is 26.4. The van der Waals surface area contributed by atoms with Gasteiger partial charge in [0.05, 0.1) is 6.20 Å². The van der Waals surface area contributed by atoms with E-state index in [0.29, 0.717) is 25.4 Å². The quantitative estimate of drug-likeness (QED) is 0.834. The number of nitrogens with zero attached hydrogens (tertiary/aromatic N) is 5. The number of likely N-dealkylation sites (N-methyl/N-ethyl adjacent to an activating group) is 1. The van der Waals surface area contributed by atoms with Crippen LogP contribution in [0, 0.1) is 5.92 Å². The fourth-order valence-electron chi connectivity index (χ4n) is 4.42. The Hall–Kier alpha value is -2.09. The molecule has 0 unspecified atom stereocenters. The second-order valence-corrected chi connectivity index (χ2v) is 7.85. The number of urea groups is 1. The minimum absolute atomic E-state index is 0.000175. The first-order valence-electron chi connectivity index (χ1n) is 9.90. The molecule has 27 heavy (non-hydrogen) atoms. The molecule has 2 aliphatic rings. The zero-order valence-corrected chi connectivity index (χ0v) is 16.9. The molecule has 1 aromatic heterocycles. The Morgan fingerprint density at radius 1 is 1.33 bits per heavy atom. The van der Waals surface area contributed by atoms with E-state index >= 15 is 0 Å². The summed E-state index contributed by atoms with van der Waals surface area (Å²) in [5.74, 6) is 0.348. The number of aromatic nitrogens is 2. The van der Waals surface area contributed by atoms with Crippen LogP contribution >= 0.6 is 0 Å². The number of aryl methyl sites for hydroxylation is 1. The molecule has 3 rings (SSSR count). The van der Waals surface area contributed by atoms with Crippen molar-refractivity contribution in [2.24, 2.45) is 13.0 Å². The number of hydrogen-bond acceptors (Lipinski definition) is 4. The summed E-state index contributed by atoms with van der Waals surface area (Å²) in [5, 5.41) is 7.25. The van der Waals surface area contributed by atoms with E-state index in [4.69, 9.17) is 0 Å². The van der Waals surface area contributed by atoms with Gasteiger partial charge in [0.25, 0.3) is 0 Å². The van der Waals surface area contributed by atoms with Gasteiger partial charge in [-0.25, -0.2) is 4.79 Å². The van der Waals surface area contributed by atoms with Gasteiger partial charge < -0.3 is 15.1 Å². The number of nitrogens with one attached hydrogen (secondary N) is 1. The predicted molar refractivity (Wildman–Crippen MR) is 103 cm³/mol. The third-order valence-electron chi connectivity index (χ3n) is 5.91. The van der Waals surface area contributed by atoms with Crippen molar-refractivity contribution in [3.63, 3.8) is 0 Å². The highest BCUT2D eigenvalue weighted by atomic mass is 16.2. The maximum absolute atomic E-state index is 12.6. The highest BCUT2D eigenvalue weighted by Crippen LogP contribution is 2.36. The van der Waals surface area contributed by atoms with Crippen LogP contribution in [0.5, 0.6) is 0 Å². The highest BCUT2D eigenvalue weighted by molar-refractivity contribution is 5.88. The van der Waals surface area contributed by atoms with Crippen LogP contribution in [0.4, 0.5) is 4.79 Å². The number of likely N-dealkylation sites (tertiary alicyclic amines) is 2. The second-order valence-electron chi connectivity index (χ2n) is 7.85. The van der Waals surface area contributed by atoms with Crippen molar-refractivity contribution in [1.82, 2.24) is 29.8 Å². The molecule has 0 spiro atoms. The van der Waals surface area contributed by atoms with E-state index in [1.165, 1.54) is 5.56 Å². The maximum atomic E-state index is 12.6. The topological polar surface area (TPSA) is 73.7 Å². The van der Waals surface area contributed by atoms with Crippen LogP contribution in [0.3, 0.4) is 0 Å². The van der Waals surface area contributed by atoms with Crippen molar-refractivity contribution < 1.29 is 9.59 Å². The Labute approximate surface area is 161 Å². The van der Waals surface area contributed by atoms with Gasteiger partial charge >= 0.3 is 6.03 Å². The molecule has 3 heterocycles. The molecule has 0 saturated carbocycles. The van der Waals surface area contributed by atoms with Crippen molar-refractivity contribution in [2.75, 3.05) is 40.3 Å². The fourth-order valence-corrected chi connectivity index (χ4v) is 4.42. The number of carbonyl (C=O) groups is 2. The van der Waals surface area contributed by atoms with Crippen molar-refractivity contribution in [3.8, 4) is 0 Å². The van der Waals surface area contributed by atoms with Crippen molar-refractivity contribution in [2.45, 2.75) is 38.3 Å². The molecule has 3 amide bonds. The lowest BCUT2D eigenvalue weighted by Crippen LogP contribution is -2.49. The van der Waals surface area contributed by atoms with Crippen LogP contribution in [0.2, 0.25) is 0 Å². The predicted octanol–water partition coefficient (Wildman–Crippen LogP) is 1.07. The standard InChI is InChI=1S/C19H32N6O2/c1-5-25-9-6-7-14(17(25)15-11-20-24(4)13-15)12-23(3)19(27)21-16-8-10-22(2)18(16)26/h11,13-14,16-17H,5-10,12H2,1-4H3,(H,21,27)/t14-,16+,17+/m0/s1. The second kappa shape index (κ2) is 8.29. The molecular formula is C19H32N6O2. The SMILES string of the molecule is CCN1CCC[C@@H](CN(C)C(=O)N[C@@H]2CCN(C)C2=O)[C@@H]1c1cnn(C)c1. The zero-order valence-electron chi connectivity index (χ0n) is 16.9. The largest absolute Gasteiger partial charge is 0.344 e. The van der Waals surface area contributed by atoms with Crippen molar-refractivity contribution >= 4 is 11.9 Å². The monoisotopic (exact) mass is 376 g/mol. The summed E-state index contributed by atoms with van der Waals surface area (Å²) >= 11 is 0. The van der Waals surface area contributed by atoms with Crippen LogP contribution in [0.15, 0.2) is 12.4 Å². The third kappa shape index (κ3) is 4.26. The average Bonchev–Trinajstić information content (AvgIpc) is 3.21. The van der Waals surface area contributed by atoms with Gasteiger partial charge in [-0.3, -0.25) is 14.4 Å². The van der Waals surface area contributed by atoms with Crippen LogP contribution < -0.4 is 5.32 Å². The minimum Gasteiger partial charge on any atom is -0.344 e. The van der Waals surface area contributed by atoms with E-state index in [2.05, 4.69) is 28.4 Å².